The Morgan fingerprint density at radius 3 is 3.12 bits per heavy atom. The monoisotopic (exact) mass is 247 g/mol. The van der Waals surface area contributed by atoms with Crippen molar-refractivity contribution in [3.8, 4) is 11.4 Å². The Morgan fingerprint density at radius 1 is 1.41 bits per heavy atom. The van der Waals surface area contributed by atoms with Crippen LogP contribution in [0.1, 0.15) is 0 Å². The summed E-state index contributed by atoms with van der Waals surface area (Å²) in [6.07, 6.45) is 2.98. The minimum Gasteiger partial charge on any atom is -0.239 e. The van der Waals surface area contributed by atoms with E-state index in [0.717, 1.165) is 0 Å². The van der Waals surface area contributed by atoms with Crippen LogP contribution in [-0.2, 0) is 0 Å². The highest BCUT2D eigenvalue weighted by Gasteiger charge is 2.11. The third kappa shape index (κ3) is 1.74. The smallest absolute Gasteiger partial charge is 0.185 e. The van der Waals surface area contributed by atoms with Gasteiger partial charge in [-0.15, -0.1) is 5.10 Å². The molecule has 3 rings (SSSR count). The van der Waals surface area contributed by atoms with Crippen LogP contribution in [0, 0.1) is 11.9 Å². The van der Waals surface area contributed by atoms with E-state index in [1.165, 1.54) is 23.0 Å². The lowest BCUT2D eigenvalue weighted by atomic mass is 10.2. The zero-order chi connectivity index (χ0) is 11.8. The Hall–Kier alpha value is -2.01. The zero-order valence-corrected chi connectivity index (χ0v) is 9.19. The molecule has 0 amide bonds. The van der Waals surface area contributed by atoms with Crippen molar-refractivity contribution >= 4 is 17.2 Å². The lowest BCUT2D eigenvalue weighted by Crippen LogP contribution is -1.89. The van der Waals surface area contributed by atoms with Crippen LogP contribution in [-0.4, -0.2) is 19.6 Å². The largest absolute Gasteiger partial charge is 0.239 e. The molecule has 0 saturated carbocycles. The summed E-state index contributed by atoms with van der Waals surface area (Å²) in [6, 6.07) is 7.27. The minimum atomic E-state index is -0.414. The molecule has 4 nitrogen and oxygen atoms in total. The van der Waals surface area contributed by atoms with Crippen LogP contribution in [0.5, 0.6) is 0 Å². The van der Waals surface area contributed by atoms with E-state index in [1.54, 1.807) is 12.1 Å². The summed E-state index contributed by atoms with van der Waals surface area (Å²) < 4.78 is 15.0. The van der Waals surface area contributed by atoms with Crippen molar-refractivity contribution in [2.75, 3.05) is 0 Å². The third-order valence-corrected chi connectivity index (χ3v) is 2.41. The normalized spacial score (nSPS) is 10.9. The SMILES string of the molecule is Fc1ccc[c]c1-c1nc2cnc(Cl)cn2n1. The molecule has 0 unspecified atom stereocenters. The van der Waals surface area contributed by atoms with E-state index in [4.69, 9.17) is 11.6 Å². The number of benzene rings is 1. The lowest BCUT2D eigenvalue weighted by Gasteiger charge is -1.94. The van der Waals surface area contributed by atoms with Crippen molar-refractivity contribution in [2.24, 2.45) is 0 Å². The molecule has 0 saturated heterocycles. The molecule has 83 valence electrons. The molecular weight excluding hydrogens is 243 g/mol. The minimum absolute atomic E-state index is 0.229. The van der Waals surface area contributed by atoms with E-state index >= 15 is 0 Å². The molecule has 6 heteroatoms. The van der Waals surface area contributed by atoms with E-state index in [-0.39, 0.29) is 11.4 Å². The summed E-state index contributed by atoms with van der Waals surface area (Å²) in [5.74, 6) is -0.158. The summed E-state index contributed by atoms with van der Waals surface area (Å²) >= 11 is 5.72. The molecule has 2 aromatic heterocycles. The molecule has 2 heterocycles. The van der Waals surface area contributed by atoms with Gasteiger partial charge in [0.2, 0.25) is 0 Å². The Kier molecular flexibility index (Phi) is 2.26. The van der Waals surface area contributed by atoms with Crippen molar-refractivity contribution in [2.45, 2.75) is 0 Å². The van der Waals surface area contributed by atoms with Crippen LogP contribution >= 0.6 is 11.6 Å². The number of fused-ring (bicyclic) bond motifs is 1. The first-order chi connectivity index (χ1) is 8.24. The number of aromatic nitrogens is 4. The average molecular weight is 248 g/mol. The number of halogens is 2. The lowest BCUT2D eigenvalue weighted by molar-refractivity contribution is 0.629. The first-order valence-electron chi connectivity index (χ1n) is 4.78. The fourth-order valence-electron chi connectivity index (χ4n) is 1.47. The van der Waals surface area contributed by atoms with Gasteiger partial charge in [0.1, 0.15) is 11.0 Å². The fourth-order valence-corrected chi connectivity index (χ4v) is 1.61. The Morgan fingerprint density at radius 2 is 2.29 bits per heavy atom. The van der Waals surface area contributed by atoms with Crippen LogP contribution in [0.4, 0.5) is 4.39 Å². The van der Waals surface area contributed by atoms with E-state index in [2.05, 4.69) is 21.1 Å². The predicted molar refractivity (Wildman–Crippen MR) is 60.0 cm³/mol. The van der Waals surface area contributed by atoms with Crippen LogP contribution in [0.3, 0.4) is 0 Å². The Labute approximate surface area is 101 Å². The molecular formula is C11H5ClFN4. The second-order valence-electron chi connectivity index (χ2n) is 3.34. The maximum absolute atomic E-state index is 13.5. The van der Waals surface area contributed by atoms with Gasteiger partial charge in [-0.1, -0.05) is 23.7 Å². The predicted octanol–water partition coefficient (Wildman–Crippen LogP) is 2.38. The fraction of sp³-hybridized carbons (Fsp3) is 0. The summed E-state index contributed by atoms with van der Waals surface area (Å²) in [6.45, 7) is 0. The van der Waals surface area contributed by atoms with Gasteiger partial charge in [-0.3, -0.25) is 0 Å². The Bertz CT molecular complexity index is 695. The van der Waals surface area contributed by atoms with Gasteiger partial charge >= 0.3 is 0 Å². The molecule has 0 atom stereocenters. The van der Waals surface area contributed by atoms with Gasteiger partial charge in [-0.05, 0) is 12.1 Å². The summed E-state index contributed by atoms with van der Waals surface area (Å²) in [5, 5.41) is 4.41. The number of rotatable bonds is 1. The van der Waals surface area contributed by atoms with Crippen LogP contribution in [0.2, 0.25) is 5.15 Å². The quantitative estimate of drug-likeness (QED) is 0.663. The molecule has 0 aliphatic carbocycles. The molecule has 0 aliphatic rings. The highest BCUT2D eigenvalue weighted by atomic mass is 35.5. The van der Waals surface area contributed by atoms with Gasteiger partial charge in [-0.2, -0.15) is 0 Å². The maximum Gasteiger partial charge on any atom is 0.185 e. The van der Waals surface area contributed by atoms with Gasteiger partial charge in [0.15, 0.2) is 11.5 Å². The first-order valence-corrected chi connectivity index (χ1v) is 5.16. The van der Waals surface area contributed by atoms with Crippen molar-refractivity contribution in [1.29, 1.82) is 0 Å². The second-order valence-corrected chi connectivity index (χ2v) is 3.73. The van der Waals surface area contributed by atoms with Gasteiger partial charge in [-0.25, -0.2) is 18.9 Å². The number of hydrogen-bond donors (Lipinski definition) is 0. The van der Waals surface area contributed by atoms with E-state index < -0.39 is 5.82 Å². The molecule has 1 aromatic carbocycles. The van der Waals surface area contributed by atoms with Gasteiger partial charge in [0, 0.05) is 0 Å². The molecule has 17 heavy (non-hydrogen) atoms. The van der Waals surface area contributed by atoms with Gasteiger partial charge in [0.25, 0.3) is 0 Å². The van der Waals surface area contributed by atoms with E-state index in [1.807, 2.05) is 0 Å². The first kappa shape index (κ1) is 10.2. The van der Waals surface area contributed by atoms with E-state index in [9.17, 15) is 4.39 Å². The molecule has 1 radical (unpaired) electrons. The third-order valence-electron chi connectivity index (χ3n) is 2.22. The van der Waals surface area contributed by atoms with Crippen LogP contribution < -0.4 is 0 Å². The highest BCUT2D eigenvalue weighted by Crippen LogP contribution is 2.19. The van der Waals surface area contributed by atoms with Crippen LogP contribution in [0.15, 0.2) is 30.6 Å². The molecule has 0 aliphatic heterocycles. The summed E-state index contributed by atoms with van der Waals surface area (Å²) in [7, 11) is 0. The van der Waals surface area contributed by atoms with Crippen LogP contribution in [0.25, 0.3) is 17.0 Å². The standard InChI is InChI=1S/C11H5ClFN4/c12-9-6-17-10(5-14-9)15-11(16-17)7-3-1-2-4-8(7)13/h1-2,4-6H. The van der Waals surface area contributed by atoms with Crippen molar-refractivity contribution in [3.63, 3.8) is 0 Å². The second kappa shape index (κ2) is 3.78. The van der Waals surface area contributed by atoms with E-state index in [0.29, 0.717) is 10.8 Å². The summed E-state index contributed by atoms with van der Waals surface area (Å²) in [4.78, 5) is 8.02. The average Bonchev–Trinajstić information content (AvgIpc) is 2.72. The summed E-state index contributed by atoms with van der Waals surface area (Å²) in [5.41, 5.74) is 0.730. The van der Waals surface area contributed by atoms with Crippen molar-refractivity contribution in [1.82, 2.24) is 19.6 Å². The topological polar surface area (TPSA) is 43.1 Å². The maximum atomic E-state index is 13.5. The van der Waals surface area contributed by atoms with Gasteiger partial charge < -0.3 is 0 Å². The number of hydrogen-bond acceptors (Lipinski definition) is 3. The zero-order valence-electron chi connectivity index (χ0n) is 8.43. The molecule has 0 spiro atoms. The van der Waals surface area contributed by atoms with Crippen molar-refractivity contribution in [3.05, 3.63) is 47.6 Å². The van der Waals surface area contributed by atoms with Crippen molar-refractivity contribution < 1.29 is 4.39 Å². The molecule has 3 aromatic rings. The van der Waals surface area contributed by atoms with Gasteiger partial charge in [0.05, 0.1) is 18.0 Å². The highest BCUT2D eigenvalue weighted by molar-refractivity contribution is 6.29. The number of nitrogens with zero attached hydrogens (tertiary/aromatic N) is 4. The molecule has 0 fully saturated rings. The Balaban J connectivity index is 2.22. The molecule has 0 bridgehead atoms. The molecule has 0 N–H and O–H groups in total.